The molecule has 0 bridgehead atoms. The van der Waals surface area contributed by atoms with Crippen LogP contribution < -0.4 is 10.1 Å². The van der Waals surface area contributed by atoms with Crippen molar-refractivity contribution >= 4 is 29.0 Å². The third-order valence-electron chi connectivity index (χ3n) is 5.79. The van der Waals surface area contributed by atoms with Crippen LogP contribution in [0.15, 0.2) is 65.8 Å². The van der Waals surface area contributed by atoms with E-state index in [4.69, 9.17) is 4.74 Å². The van der Waals surface area contributed by atoms with E-state index in [-0.39, 0.29) is 24.0 Å². The first-order chi connectivity index (χ1) is 17.7. The Bertz CT molecular complexity index is 1430. The van der Waals surface area contributed by atoms with Crippen LogP contribution in [0.2, 0.25) is 0 Å². The number of nitro groups is 1. The number of aromatic nitrogens is 3. The van der Waals surface area contributed by atoms with Crippen molar-refractivity contribution in [1.29, 1.82) is 0 Å². The molecular formula is C27H27N5O4S. The fraction of sp³-hybridized carbons (Fsp3) is 0.222. The number of aryl methyl sites for hydroxylation is 4. The van der Waals surface area contributed by atoms with Crippen LogP contribution in [0.1, 0.15) is 28.1 Å². The van der Waals surface area contributed by atoms with Crippen LogP contribution in [0.4, 0.5) is 11.4 Å². The number of nitrogens with zero attached hydrogens (tertiary/aromatic N) is 4. The number of ether oxygens (including phenoxy) is 1. The lowest BCUT2D eigenvalue weighted by molar-refractivity contribution is -0.384. The smallest absolute Gasteiger partial charge is 0.271 e. The summed E-state index contributed by atoms with van der Waals surface area (Å²) in [5.74, 6) is 1.15. The van der Waals surface area contributed by atoms with Gasteiger partial charge in [0.05, 0.1) is 16.4 Å². The van der Waals surface area contributed by atoms with Gasteiger partial charge in [-0.2, -0.15) is 0 Å². The molecule has 0 radical (unpaired) electrons. The first-order valence-electron chi connectivity index (χ1n) is 11.6. The zero-order valence-corrected chi connectivity index (χ0v) is 21.8. The molecule has 1 heterocycles. The second kappa shape index (κ2) is 11.3. The number of carbonyl (C=O) groups is 1. The SMILES string of the molecule is Cc1ccc(-n2c(COc3c(C)cccc3C)nnc2SCC(=O)Nc2cc([N+](=O)[O-])ccc2C)cc1. The summed E-state index contributed by atoms with van der Waals surface area (Å²) >= 11 is 1.23. The second-order valence-corrected chi connectivity index (χ2v) is 9.62. The monoisotopic (exact) mass is 517 g/mol. The highest BCUT2D eigenvalue weighted by molar-refractivity contribution is 7.99. The molecule has 0 spiro atoms. The molecule has 10 heteroatoms. The molecule has 1 aromatic heterocycles. The molecule has 0 unspecified atom stereocenters. The summed E-state index contributed by atoms with van der Waals surface area (Å²) in [5, 5.41) is 23.1. The molecule has 37 heavy (non-hydrogen) atoms. The average molecular weight is 518 g/mol. The van der Waals surface area contributed by atoms with Crippen molar-refractivity contribution in [1.82, 2.24) is 14.8 Å². The van der Waals surface area contributed by atoms with Gasteiger partial charge in [0.25, 0.3) is 5.69 Å². The van der Waals surface area contributed by atoms with Gasteiger partial charge in [0.1, 0.15) is 12.4 Å². The lowest BCUT2D eigenvalue weighted by atomic mass is 10.1. The first kappa shape index (κ1) is 25.9. The number of rotatable bonds is 9. The van der Waals surface area contributed by atoms with Crippen molar-refractivity contribution in [3.8, 4) is 11.4 Å². The quantitative estimate of drug-likeness (QED) is 0.172. The predicted octanol–water partition coefficient (Wildman–Crippen LogP) is 5.72. The molecule has 1 N–H and O–H groups in total. The Morgan fingerprint density at radius 1 is 1.00 bits per heavy atom. The molecule has 0 atom stereocenters. The Labute approximate surface area is 219 Å². The van der Waals surface area contributed by atoms with Gasteiger partial charge in [-0.1, -0.05) is 53.7 Å². The summed E-state index contributed by atoms with van der Waals surface area (Å²) in [7, 11) is 0. The number of hydrogen-bond acceptors (Lipinski definition) is 7. The fourth-order valence-corrected chi connectivity index (χ4v) is 4.55. The van der Waals surface area contributed by atoms with Gasteiger partial charge in [-0.15, -0.1) is 10.2 Å². The van der Waals surface area contributed by atoms with Crippen LogP contribution in [0.25, 0.3) is 5.69 Å². The fourth-order valence-electron chi connectivity index (χ4n) is 3.78. The Morgan fingerprint density at radius 2 is 1.70 bits per heavy atom. The van der Waals surface area contributed by atoms with Crippen LogP contribution in [0.5, 0.6) is 5.75 Å². The van der Waals surface area contributed by atoms with Gasteiger partial charge in [0, 0.05) is 17.8 Å². The van der Waals surface area contributed by atoms with E-state index in [1.807, 2.05) is 67.8 Å². The van der Waals surface area contributed by atoms with E-state index in [1.54, 1.807) is 13.0 Å². The van der Waals surface area contributed by atoms with Crippen LogP contribution in [-0.4, -0.2) is 31.3 Å². The third-order valence-corrected chi connectivity index (χ3v) is 6.71. The number of anilines is 1. The highest BCUT2D eigenvalue weighted by Gasteiger charge is 2.18. The molecular weight excluding hydrogens is 490 g/mol. The van der Waals surface area contributed by atoms with Crippen LogP contribution in [0, 0.1) is 37.8 Å². The zero-order valence-electron chi connectivity index (χ0n) is 21.0. The van der Waals surface area contributed by atoms with E-state index in [2.05, 4.69) is 15.5 Å². The number of non-ortho nitro benzene ring substituents is 1. The molecule has 4 aromatic rings. The number of benzene rings is 3. The molecule has 0 saturated heterocycles. The molecule has 0 saturated carbocycles. The molecule has 1 amide bonds. The van der Waals surface area contributed by atoms with Crippen molar-refractivity contribution < 1.29 is 14.5 Å². The van der Waals surface area contributed by atoms with Crippen molar-refractivity contribution in [3.05, 3.63) is 98.9 Å². The Kier molecular flexibility index (Phi) is 7.88. The van der Waals surface area contributed by atoms with Crippen molar-refractivity contribution in [2.24, 2.45) is 0 Å². The van der Waals surface area contributed by atoms with Crippen LogP contribution in [-0.2, 0) is 11.4 Å². The third kappa shape index (κ3) is 6.15. The lowest BCUT2D eigenvalue weighted by Gasteiger charge is -2.14. The summed E-state index contributed by atoms with van der Waals surface area (Å²) < 4.78 is 8.01. The topological polar surface area (TPSA) is 112 Å². The molecule has 0 aliphatic carbocycles. The van der Waals surface area contributed by atoms with Crippen LogP contribution >= 0.6 is 11.8 Å². The van der Waals surface area contributed by atoms with Crippen molar-refractivity contribution in [2.45, 2.75) is 39.5 Å². The van der Waals surface area contributed by atoms with Gasteiger partial charge in [-0.25, -0.2) is 0 Å². The molecule has 3 aromatic carbocycles. The van der Waals surface area contributed by atoms with Gasteiger partial charge < -0.3 is 10.1 Å². The number of hydrogen-bond donors (Lipinski definition) is 1. The van der Waals surface area contributed by atoms with E-state index in [0.29, 0.717) is 16.7 Å². The first-order valence-corrected chi connectivity index (χ1v) is 12.6. The minimum absolute atomic E-state index is 0.0455. The van der Waals surface area contributed by atoms with E-state index < -0.39 is 4.92 Å². The minimum Gasteiger partial charge on any atom is -0.485 e. The van der Waals surface area contributed by atoms with E-state index in [0.717, 1.165) is 33.7 Å². The Balaban J connectivity index is 1.54. The van der Waals surface area contributed by atoms with Gasteiger partial charge in [0.15, 0.2) is 11.0 Å². The predicted molar refractivity (Wildman–Crippen MR) is 144 cm³/mol. The van der Waals surface area contributed by atoms with Gasteiger partial charge in [0.2, 0.25) is 5.91 Å². The van der Waals surface area contributed by atoms with E-state index in [1.165, 1.54) is 23.9 Å². The van der Waals surface area contributed by atoms with Crippen molar-refractivity contribution in [3.63, 3.8) is 0 Å². The highest BCUT2D eigenvalue weighted by atomic mass is 32.2. The number of carbonyl (C=O) groups excluding carboxylic acids is 1. The Morgan fingerprint density at radius 3 is 2.38 bits per heavy atom. The second-order valence-electron chi connectivity index (χ2n) is 8.67. The maximum absolute atomic E-state index is 12.7. The molecule has 0 fully saturated rings. The Hall–Kier alpha value is -4.18. The summed E-state index contributed by atoms with van der Waals surface area (Å²) in [5.41, 5.74) is 5.09. The molecule has 190 valence electrons. The minimum atomic E-state index is -0.490. The van der Waals surface area contributed by atoms with Crippen LogP contribution in [0.3, 0.4) is 0 Å². The summed E-state index contributed by atoms with van der Waals surface area (Å²) in [4.78, 5) is 23.3. The molecule has 0 aliphatic rings. The lowest BCUT2D eigenvalue weighted by Crippen LogP contribution is -2.15. The maximum Gasteiger partial charge on any atom is 0.271 e. The van der Waals surface area contributed by atoms with E-state index in [9.17, 15) is 14.9 Å². The zero-order chi connectivity index (χ0) is 26.5. The maximum atomic E-state index is 12.7. The van der Waals surface area contributed by atoms with Gasteiger partial charge in [-0.05, 0) is 56.5 Å². The molecule has 4 rings (SSSR count). The summed E-state index contributed by atoms with van der Waals surface area (Å²) in [6, 6.07) is 18.3. The standard InChI is InChI=1S/C27H27N5O4S/c1-17-8-11-21(12-9-17)31-24(15-36-26-19(3)6-5-7-20(26)4)29-30-27(31)37-16-25(33)28-23-14-22(32(34)35)13-10-18(23)2/h5-14H,15-16H2,1-4H3,(H,28,33). The normalized spacial score (nSPS) is 10.8. The molecule has 9 nitrogen and oxygen atoms in total. The van der Waals surface area contributed by atoms with Crippen molar-refractivity contribution in [2.75, 3.05) is 11.1 Å². The average Bonchev–Trinajstić information content (AvgIpc) is 3.27. The number of nitro benzene ring substituents is 1. The highest BCUT2D eigenvalue weighted by Crippen LogP contribution is 2.27. The number of amides is 1. The summed E-state index contributed by atoms with van der Waals surface area (Å²) in [6.45, 7) is 7.98. The summed E-state index contributed by atoms with van der Waals surface area (Å²) in [6.07, 6.45) is 0. The number of thioether (sulfide) groups is 1. The number of nitrogens with one attached hydrogen (secondary N) is 1. The molecule has 0 aliphatic heterocycles. The van der Waals surface area contributed by atoms with Gasteiger partial charge in [-0.3, -0.25) is 19.5 Å². The van der Waals surface area contributed by atoms with Gasteiger partial charge >= 0.3 is 0 Å². The number of para-hydroxylation sites is 1. The largest absolute Gasteiger partial charge is 0.485 e. The van der Waals surface area contributed by atoms with E-state index >= 15 is 0 Å².